The van der Waals surface area contributed by atoms with Crippen molar-refractivity contribution in [2.45, 2.75) is 70.8 Å². The van der Waals surface area contributed by atoms with Gasteiger partial charge >= 0.3 is 17.6 Å². The normalized spacial score (nSPS) is 15.8. The Balaban J connectivity index is 1.57. The van der Waals surface area contributed by atoms with Crippen molar-refractivity contribution in [1.82, 2.24) is 15.0 Å². The first kappa shape index (κ1) is 26.1. The van der Waals surface area contributed by atoms with Gasteiger partial charge < -0.3 is 19.9 Å². The third kappa shape index (κ3) is 5.87. The number of aliphatic carboxylic acids is 2. The fourth-order valence-electron chi connectivity index (χ4n) is 5.05. The van der Waals surface area contributed by atoms with Gasteiger partial charge in [-0.2, -0.15) is 0 Å². The van der Waals surface area contributed by atoms with Gasteiger partial charge in [0, 0.05) is 29.3 Å². The Hall–Kier alpha value is -4.02. The first-order valence-electron chi connectivity index (χ1n) is 12.4. The Kier molecular flexibility index (Phi) is 7.70. The van der Waals surface area contributed by atoms with E-state index in [4.69, 9.17) is 9.52 Å². The van der Waals surface area contributed by atoms with Crippen LogP contribution in [0.3, 0.4) is 0 Å². The molecule has 0 aliphatic heterocycles. The zero-order chi connectivity index (χ0) is 26.7. The fraction of sp³-hybridized carbons (Fsp3) is 0.462. The molecular weight excluding hydrogens is 480 g/mol. The molecule has 2 heterocycles. The maximum atomic E-state index is 13.2. The minimum absolute atomic E-state index is 0.0581. The lowest BCUT2D eigenvalue weighted by molar-refractivity contribution is -0.140. The molecule has 1 aliphatic rings. The average Bonchev–Trinajstić information content (AvgIpc) is 3.34. The molecule has 0 saturated heterocycles. The SMILES string of the molecule is Cc1c(CC(=O)O)c(=O)oc2cc(NC(=O)C(CC(=O)O)n3cc([C@H](C)C4CCCCC4)nn3)ccc12. The van der Waals surface area contributed by atoms with E-state index in [-0.39, 0.29) is 22.8 Å². The van der Waals surface area contributed by atoms with Crippen LogP contribution in [0.4, 0.5) is 5.69 Å². The van der Waals surface area contributed by atoms with Crippen LogP contribution in [0.1, 0.15) is 74.2 Å². The van der Waals surface area contributed by atoms with Crippen LogP contribution >= 0.6 is 0 Å². The number of anilines is 1. The molecule has 196 valence electrons. The summed E-state index contributed by atoms with van der Waals surface area (Å²) in [6.45, 7) is 3.72. The summed E-state index contributed by atoms with van der Waals surface area (Å²) in [5.74, 6) is -2.28. The summed E-state index contributed by atoms with van der Waals surface area (Å²) >= 11 is 0. The van der Waals surface area contributed by atoms with E-state index in [2.05, 4.69) is 22.6 Å². The van der Waals surface area contributed by atoms with Gasteiger partial charge in [-0.1, -0.05) is 31.4 Å². The van der Waals surface area contributed by atoms with Gasteiger partial charge in [0.25, 0.3) is 0 Å². The van der Waals surface area contributed by atoms with Crippen LogP contribution in [0.15, 0.2) is 33.6 Å². The Morgan fingerprint density at radius 3 is 2.57 bits per heavy atom. The van der Waals surface area contributed by atoms with Gasteiger partial charge in [-0.05, 0) is 43.4 Å². The molecular formula is C26H30N4O7. The lowest BCUT2D eigenvalue weighted by Crippen LogP contribution is -2.28. The number of fused-ring (bicyclic) bond motifs is 1. The highest BCUT2D eigenvalue weighted by molar-refractivity contribution is 5.97. The van der Waals surface area contributed by atoms with Crippen LogP contribution in [0, 0.1) is 12.8 Å². The first-order chi connectivity index (χ1) is 17.6. The smallest absolute Gasteiger partial charge is 0.340 e. The van der Waals surface area contributed by atoms with E-state index in [0.717, 1.165) is 18.5 Å². The van der Waals surface area contributed by atoms with Crippen molar-refractivity contribution >= 4 is 34.5 Å². The van der Waals surface area contributed by atoms with Gasteiger partial charge in [0.2, 0.25) is 5.91 Å². The maximum absolute atomic E-state index is 13.2. The number of amides is 1. The van der Waals surface area contributed by atoms with E-state index in [0.29, 0.717) is 16.9 Å². The third-order valence-corrected chi connectivity index (χ3v) is 7.22. The number of carbonyl (C=O) groups excluding carboxylic acids is 1. The van der Waals surface area contributed by atoms with Crippen molar-refractivity contribution in [3.05, 3.63) is 51.6 Å². The molecule has 1 amide bonds. The second-order valence-electron chi connectivity index (χ2n) is 9.69. The van der Waals surface area contributed by atoms with Crippen LogP contribution in [-0.4, -0.2) is 43.1 Å². The molecule has 1 aromatic carbocycles. The summed E-state index contributed by atoms with van der Waals surface area (Å²) in [7, 11) is 0. The van der Waals surface area contributed by atoms with E-state index < -0.39 is 42.4 Å². The minimum atomic E-state index is -1.16. The molecule has 0 spiro atoms. The van der Waals surface area contributed by atoms with Gasteiger partial charge in [0.1, 0.15) is 11.6 Å². The van der Waals surface area contributed by atoms with Crippen molar-refractivity contribution in [3.8, 4) is 0 Å². The number of rotatable bonds is 9. The molecule has 11 nitrogen and oxygen atoms in total. The number of benzene rings is 1. The van der Waals surface area contributed by atoms with Gasteiger partial charge in [0.05, 0.1) is 24.1 Å². The number of nitrogens with zero attached hydrogens (tertiary/aromatic N) is 3. The van der Waals surface area contributed by atoms with E-state index in [1.54, 1.807) is 25.3 Å². The number of aryl methyl sites for hydroxylation is 1. The van der Waals surface area contributed by atoms with Crippen molar-refractivity contribution in [2.24, 2.45) is 5.92 Å². The van der Waals surface area contributed by atoms with E-state index >= 15 is 0 Å². The predicted octanol–water partition coefficient (Wildman–Crippen LogP) is 3.66. The lowest BCUT2D eigenvalue weighted by atomic mass is 9.80. The van der Waals surface area contributed by atoms with Crippen LogP contribution in [0.5, 0.6) is 0 Å². The highest BCUT2D eigenvalue weighted by Crippen LogP contribution is 2.35. The quantitative estimate of drug-likeness (QED) is 0.364. The standard InChI is InChI=1S/C26H30N4O7/c1-14(16-6-4-3-5-7-16)20-13-30(29-28-20)21(12-24(33)34)25(35)27-17-8-9-18-15(2)19(11-23(31)32)26(36)37-22(18)10-17/h8-10,13-14,16,21H,3-7,11-12H2,1-2H3,(H,27,35)(H,31,32)(H,33,34)/t14-,21?/m1/s1. The van der Waals surface area contributed by atoms with Crippen LogP contribution in [-0.2, 0) is 20.8 Å². The average molecular weight is 511 g/mol. The molecule has 3 N–H and O–H groups in total. The molecule has 1 aliphatic carbocycles. The molecule has 3 aromatic rings. The first-order valence-corrected chi connectivity index (χ1v) is 12.4. The Morgan fingerprint density at radius 2 is 1.89 bits per heavy atom. The number of carbonyl (C=O) groups is 3. The Morgan fingerprint density at radius 1 is 1.16 bits per heavy atom. The van der Waals surface area contributed by atoms with Crippen LogP contribution in [0.2, 0.25) is 0 Å². The second-order valence-corrected chi connectivity index (χ2v) is 9.69. The van der Waals surface area contributed by atoms with Crippen molar-refractivity contribution in [1.29, 1.82) is 0 Å². The summed E-state index contributed by atoms with van der Waals surface area (Å²) in [6, 6.07) is 3.50. The van der Waals surface area contributed by atoms with Gasteiger partial charge in [-0.25, -0.2) is 9.48 Å². The number of aromatic nitrogens is 3. The Labute approximate surface area is 212 Å². The van der Waals surface area contributed by atoms with E-state index in [1.165, 1.54) is 30.0 Å². The number of carboxylic acids is 2. The monoisotopic (exact) mass is 510 g/mol. The molecule has 1 fully saturated rings. The molecule has 37 heavy (non-hydrogen) atoms. The van der Waals surface area contributed by atoms with E-state index in [9.17, 15) is 24.3 Å². The van der Waals surface area contributed by atoms with Gasteiger partial charge in [0.15, 0.2) is 0 Å². The minimum Gasteiger partial charge on any atom is -0.481 e. The lowest BCUT2D eigenvalue weighted by Gasteiger charge is -2.26. The van der Waals surface area contributed by atoms with Gasteiger partial charge in [-0.3, -0.25) is 14.4 Å². The zero-order valence-corrected chi connectivity index (χ0v) is 20.8. The molecule has 0 bridgehead atoms. The van der Waals surface area contributed by atoms with Crippen LogP contribution < -0.4 is 10.9 Å². The summed E-state index contributed by atoms with van der Waals surface area (Å²) in [5, 5.41) is 30.0. The molecule has 2 aromatic heterocycles. The largest absolute Gasteiger partial charge is 0.481 e. The predicted molar refractivity (Wildman–Crippen MR) is 133 cm³/mol. The third-order valence-electron chi connectivity index (χ3n) is 7.22. The molecule has 4 rings (SSSR count). The van der Waals surface area contributed by atoms with E-state index in [1.807, 2.05) is 0 Å². The number of hydrogen-bond donors (Lipinski definition) is 3. The Bertz CT molecular complexity index is 1390. The highest BCUT2D eigenvalue weighted by Gasteiger charge is 2.28. The summed E-state index contributed by atoms with van der Waals surface area (Å²) in [6.07, 6.45) is 6.52. The van der Waals surface area contributed by atoms with Crippen molar-refractivity contribution in [2.75, 3.05) is 5.32 Å². The number of hydrogen-bond acceptors (Lipinski definition) is 7. The highest BCUT2D eigenvalue weighted by atomic mass is 16.4. The summed E-state index contributed by atoms with van der Waals surface area (Å²) < 4.78 is 6.60. The zero-order valence-electron chi connectivity index (χ0n) is 20.8. The molecule has 1 saturated carbocycles. The molecule has 11 heteroatoms. The van der Waals surface area contributed by atoms with Crippen molar-refractivity contribution < 1.29 is 29.0 Å². The van der Waals surface area contributed by atoms with Crippen LogP contribution in [0.25, 0.3) is 11.0 Å². The number of nitrogens with one attached hydrogen (secondary N) is 1. The molecule has 0 radical (unpaired) electrons. The van der Waals surface area contributed by atoms with Crippen molar-refractivity contribution in [3.63, 3.8) is 0 Å². The molecule has 1 unspecified atom stereocenters. The maximum Gasteiger partial charge on any atom is 0.340 e. The molecule has 2 atom stereocenters. The summed E-state index contributed by atoms with van der Waals surface area (Å²) in [4.78, 5) is 48.1. The summed E-state index contributed by atoms with van der Waals surface area (Å²) in [5.41, 5.74) is 0.975. The second kappa shape index (κ2) is 10.9. The van der Waals surface area contributed by atoms with Gasteiger partial charge in [-0.15, -0.1) is 5.10 Å². The fourth-order valence-corrected chi connectivity index (χ4v) is 5.05. The topological polar surface area (TPSA) is 165 Å². The number of carboxylic acid groups (broad SMARTS) is 2.